The van der Waals surface area contributed by atoms with E-state index in [0.29, 0.717) is 10.6 Å². The Morgan fingerprint density at radius 2 is 2.00 bits per heavy atom. The molecule has 0 saturated heterocycles. The second kappa shape index (κ2) is 4.04. The zero-order valence-electron chi connectivity index (χ0n) is 7.83. The van der Waals surface area contributed by atoms with Crippen molar-refractivity contribution in [2.24, 2.45) is 0 Å². The predicted molar refractivity (Wildman–Crippen MR) is 57.9 cm³/mol. The quantitative estimate of drug-likeness (QED) is 0.637. The molecule has 0 aromatic heterocycles. The number of rotatable bonds is 0. The van der Waals surface area contributed by atoms with Crippen LogP contribution in [0.15, 0.2) is 18.2 Å². The largest absolute Gasteiger partial charge is 0.216 e. The Kier molecular flexibility index (Phi) is 3.20. The highest BCUT2D eigenvalue weighted by atomic mass is 35.5. The van der Waals surface area contributed by atoms with Gasteiger partial charge < -0.3 is 0 Å². The third-order valence-corrected chi connectivity index (χ3v) is 2.37. The Morgan fingerprint density at radius 1 is 1.36 bits per heavy atom. The van der Waals surface area contributed by atoms with Crippen LogP contribution in [-0.4, -0.2) is 14.7 Å². The standard InChI is InChI=1S/C10H9ClO2S/c1-8-4-3-5-10(11)9(8)6-7-14(2,12)13/h3-5H,1-2H3. The van der Waals surface area contributed by atoms with Crippen LogP contribution in [0.3, 0.4) is 0 Å². The Hall–Kier alpha value is -0.980. The van der Waals surface area contributed by atoms with Crippen molar-refractivity contribution in [1.82, 2.24) is 0 Å². The summed E-state index contributed by atoms with van der Waals surface area (Å²) in [5.41, 5.74) is 1.44. The molecule has 0 atom stereocenters. The zero-order valence-corrected chi connectivity index (χ0v) is 9.41. The van der Waals surface area contributed by atoms with Gasteiger partial charge in [0.2, 0.25) is 9.84 Å². The SMILES string of the molecule is Cc1cccc(Cl)c1C#CS(C)(=O)=O. The van der Waals surface area contributed by atoms with E-state index in [1.54, 1.807) is 12.1 Å². The van der Waals surface area contributed by atoms with Gasteiger partial charge >= 0.3 is 0 Å². The van der Waals surface area contributed by atoms with E-state index in [1.165, 1.54) is 0 Å². The fourth-order valence-corrected chi connectivity index (χ4v) is 1.49. The Labute approximate surface area is 88.8 Å². The van der Waals surface area contributed by atoms with Gasteiger partial charge in [-0.15, -0.1) is 0 Å². The fraction of sp³-hybridized carbons (Fsp3) is 0.200. The van der Waals surface area contributed by atoms with Crippen molar-refractivity contribution in [1.29, 1.82) is 0 Å². The molecule has 0 aliphatic carbocycles. The molecule has 0 bridgehead atoms. The Morgan fingerprint density at radius 3 is 2.50 bits per heavy atom. The number of hydrogen-bond donors (Lipinski definition) is 0. The van der Waals surface area contributed by atoms with Gasteiger partial charge in [0.1, 0.15) is 0 Å². The summed E-state index contributed by atoms with van der Waals surface area (Å²) in [4.78, 5) is 0. The number of hydrogen-bond acceptors (Lipinski definition) is 2. The van der Waals surface area contributed by atoms with Crippen molar-refractivity contribution in [2.45, 2.75) is 6.92 Å². The molecule has 0 amide bonds. The van der Waals surface area contributed by atoms with Gasteiger partial charge in [-0.2, -0.15) is 0 Å². The number of benzene rings is 1. The lowest BCUT2D eigenvalue weighted by molar-refractivity contribution is 0.611. The molecule has 0 spiro atoms. The average Bonchev–Trinajstić information content (AvgIpc) is 2.01. The maximum Gasteiger partial charge on any atom is 0.214 e. The molecule has 1 aromatic rings. The molecule has 0 unspecified atom stereocenters. The highest BCUT2D eigenvalue weighted by molar-refractivity contribution is 7.95. The van der Waals surface area contributed by atoms with Crippen LogP contribution >= 0.6 is 11.6 Å². The first-order valence-corrected chi connectivity index (χ1v) is 6.15. The summed E-state index contributed by atoms with van der Waals surface area (Å²) < 4.78 is 21.6. The van der Waals surface area contributed by atoms with Crippen LogP contribution in [0.5, 0.6) is 0 Å². The molecule has 74 valence electrons. The van der Waals surface area contributed by atoms with Crippen LogP contribution in [0.1, 0.15) is 11.1 Å². The maximum atomic E-state index is 10.8. The van der Waals surface area contributed by atoms with E-state index in [-0.39, 0.29) is 0 Å². The van der Waals surface area contributed by atoms with Gasteiger partial charge in [-0.3, -0.25) is 0 Å². The molecule has 1 aromatic carbocycles. The first-order chi connectivity index (χ1) is 6.40. The van der Waals surface area contributed by atoms with E-state index in [4.69, 9.17) is 11.6 Å². The van der Waals surface area contributed by atoms with E-state index in [2.05, 4.69) is 11.2 Å². The van der Waals surface area contributed by atoms with Crippen LogP contribution in [-0.2, 0) is 9.84 Å². The molecular formula is C10H9ClO2S. The van der Waals surface area contributed by atoms with Gasteiger partial charge in [-0.25, -0.2) is 8.42 Å². The van der Waals surface area contributed by atoms with Gasteiger partial charge in [-0.1, -0.05) is 23.7 Å². The van der Waals surface area contributed by atoms with Gasteiger partial charge in [0, 0.05) is 10.8 Å². The smallest absolute Gasteiger partial charge is 0.214 e. The minimum absolute atomic E-state index is 0.473. The summed E-state index contributed by atoms with van der Waals surface area (Å²) in [6, 6.07) is 5.31. The lowest BCUT2D eigenvalue weighted by Crippen LogP contribution is -1.90. The maximum absolute atomic E-state index is 10.8. The molecule has 0 radical (unpaired) electrons. The first-order valence-electron chi connectivity index (χ1n) is 3.88. The van der Waals surface area contributed by atoms with Gasteiger partial charge in [0.15, 0.2) is 0 Å². The Balaban J connectivity index is 3.26. The third kappa shape index (κ3) is 3.06. The monoisotopic (exact) mass is 228 g/mol. The summed E-state index contributed by atoms with van der Waals surface area (Å²) in [6.45, 7) is 1.83. The molecule has 0 fully saturated rings. The topological polar surface area (TPSA) is 34.1 Å². The predicted octanol–water partition coefficient (Wildman–Crippen LogP) is 2.00. The number of halogens is 1. The number of sulfone groups is 1. The van der Waals surface area contributed by atoms with Gasteiger partial charge in [0.25, 0.3) is 0 Å². The van der Waals surface area contributed by atoms with Crippen LogP contribution < -0.4 is 0 Å². The van der Waals surface area contributed by atoms with E-state index in [0.717, 1.165) is 11.8 Å². The third-order valence-electron chi connectivity index (χ3n) is 1.58. The first kappa shape index (κ1) is 11.1. The van der Waals surface area contributed by atoms with E-state index >= 15 is 0 Å². The van der Waals surface area contributed by atoms with Crippen molar-refractivity contribution in [3.8, 4) is 11.2 Å². The molecule has 0 saturated carbocycles. The minimum Gasteiger partial charge on any atom is -0.216 e. The minimum atomic E-state index is -3.28. The van der Waals surface area contributed by atoms with Crippen LogP contribution in [0.2, 0.25) is 5.02 Å². The van der Waals surface area contributed by atoms with Gasteiger partial charge in [-0.05, 0) is 24.5 Å². The molecular weight excluding hydrogens is 220 g/mol. The summed E-state index contributed by atoms with van der Waals surface area (Å²) in [6.07, 6.45) is 1.06. The fourth-order valence-electron chi connectivity index (χ4n) is 0.934. The van der Waals surface area contributed by atoms with Crippen molar-refractivity contribution in [3.63, 3.8) is 0 Å². The van der Waals surface area contributed by atoms with Crippen LogP contribution in [0.25, 0.3) is 0 Å². The normalized spacial score (nSPS) is 10.5. The van der Waals surface area contributed by atoms with E-state index in [9.17, 15) is 8.42 Å². The highest BCUT2D eigenvalue weighted by Gasteiger charge is 2.00. The van der Waals surface area contributed by atoms with Crippen molar-refractivity contribution >= 4 is 21.4 Å². The summed E-state index contributed by atoms with van der Waals surface area (Å²) in [7, 11) is -3.28. The van der Waals surface area contributed by atoms with Crippen LogP contribution in [0, 0.1) is 18.1 Å². The van der Waals surface area contributed by atoms with E-state index in [1.807, 2.05) is 13.0 Å². The van der Waals surface area contributed by atoms with Crippen molar-refractivity contribution in [3.05, 3.63) is 34.3 Å². The second-order valence-electron chi connectivity index (χ2n) is 2.93. The zero-order chi connectivity index (χ0) is 10.8. The van der Waals surface area contributed by atoms with Gasteiger partial charge in [0.05, 0.1) is 11.3 Å². The van der Waals surface area contributed by atoms with Crippen LogP contribution in [0.4, 0.5) is 0 Å². The molecule has 14 heavy (non-hydrogen) atoms. The van der Waals surface area contributed by atoms with E-state index < -0.39 is 9.84 Å². The van der Waals surface area contributed by atoms with Crippen molar-refractivity contribution in [2.75, 3.05) is 6.26 Å². The summed E-state index contributed by atoms with van der Waals surface area (Å²) in [5.74, 6) is 2.55. The average molecular weight is 229 g/mol. The molecule has 1 rings (SSSR count). The summed E-state index contributed by atoms with van der Waals surface area (Å²) >= 11 is 5.86. The Bertz CT molecular complexity index is 486. The molecule has 2 nitrogen and oxygen atoms in total. The molecule has 0 aliphatic heterocycles. The molecule has 0 heterocycles. The molecule has 0 aliphatic rings. The second-order valence-corrected chi connectivity index (χ2v) is 5.09. The number of aryl methyl sites for hydroxylation is 1. The molecule has 0 N–H and O–H groups in total. The lowest BCUT2D eigenvalue weighted by atomic mass is 10.1. The lowest BCUT2D eigenvalue weighted by Gasteiger charge is -1.98. The summed E-state index contributed by atoms with van der Waals surface area (Å²) in [5, 5.41) is 2.63. The van der Waals surface area contributed by atoms with Crippen molar-refractivity contribution < 1.29 is 8.42 Å². The molecule has 4 heteroatoms. The highest BCUT2D eigenvalue weighted by Crippen LogP contribution is 2.17.